The average Bonchev–Trinajstić information content (AvgIpc) is 3.65. The maximum absolute atomic E-state index is 15.4. The number of esters is 3. The lowest BCUT2D eigenvalue weighted by molar-refractivity contribution is -0.345. The molecule has 3 aliphatic carbocycles. The third-order valence-electron chi connectivity index (χ3n) is 15.2. The van der Waals surface area contributed by atoms with Gasteiger partial charge in [-0.2, -0.15) is 0 Å². The second-order valence-electron chi connectivity index (χ2n) is 21.1. The third kappa shape index (κ3) is 8.54. The van der Waals surface area contributed by atoms with Crippen molar-refractivity contribution in [2.45, 2.75) is 159 Å². The molecular weight excluding hydrogens is 874 g/mol. The lowest BCUT2D eigenvalue weighted by Gasteiger charge is -2.68. The molecule has 0 radical (unpaired) electrons. The summed E-state index contributed by atoms with van der Waals surface area (Å²) in [7, 11) is 0. The number of carbonyl (C=O) groups excluding carboxylic acids is 4. The molecule has 18 heteroatoms. The van der Waals surface area contributed by atoms with Crippen LogP contribution < -0.4 is 5.32 Å². The van der Waals surface area contributed by atoms with Crippen molar-refractivity contribution < 1.29 is 72.0 Å². The topological polar surface area (TPSA) is 222 Å². The van der Waals surface area contributed by atoms with Crippen molar-refractivity contribution in [2.24, 2.45) is 16.7 Å². The molecule has 1 amide bonds. The Labute approximate surface area is 389 Å². The first-order valence-corrected chi connectivity index (χ1v) is 23.1. The zero-order valence-electron chi connectivity index (χ0n) is 39.6. The number of hydrogen-bond donors (Lipinski definition) is 4. The van der Waals surface area contributed by atoms with Gasteiger partial charge in [-0.3, -0.25) is 14.7 Å². The van der Waals surface area contributed by atoms with Crippen molar-refractivity contribution in [1.82, 2.24) is 15.2 Å². The van der Waals surface area contributed by atoms with Crippen molar-refractivity contribution in [3.63, 3.8) is 0 Å². The van der Waals surface area contributed by atoms with Crippen LogP contribution in [0.5, 0.6) is 0 Å². The zero-order valence-corrected chi connectivity index (χ0v) is 39.6. The molecule has 8 rings (SSSR count). The number of alkyl carbamates (subject to hydrolysis) is 1. The van der Waals surface area contributed by atoms with Crippen molar-refractivity contribution in [2.75, 3.05) is 26.2 Å². The predicted molar refractivity (Wildman–Crippen MR) is 234 cm³/mol. The molecular formula is C49H64FN3O14. The number of aromatic nitrogens is 1. The van der Waals surface area contributed by atoms with Gasteiger partial charge in [0.25, 0.3) is 0 Å². The van der Waals surface area contributed by atoms with Crippen LogP contribution in [0, 0.1) is 22.6 Å². The third-order valence-corrected chi connectivity index (χ3v) is 15.2. The number of aliphatic hydroxyl groups is 3. The van der Waals surface area contributed by atoms with E-state index in [1.165, 1.54) is 19.2 Å². The van der Waals surface area contributed by atoms with Gasteiger partial charge in [0.2, 0.25) is 0 Å². The molecule has 1 aromatic heterocycles. The van der Waals surface area contributed by atoms with E-state index in [2.05, 4.69) is 10.3 Å². The second kappa shape index (κ2) is 17.4. The van der Waals surface area contributed by atoms with Gasteiger partial charge in [0, 0.05) is 50.0 Å². The molecule has 2 saturated carbocycles. The number of aliphatic hydroxyl groups excluding tert-OH is 1. The number of ether oxygens (including phenoxy) is 7. The van der Waals surface area contributed by atoms with Crippen LogP contribution in [0.4, 0.5) is 9.18 Å². The van der Waals surface area contributed by atoms with Gasteiger partial charge in [0.1, 0.15) is 53.2 Å². The van der Waals surface area contributed by atoms with Crippen LogP contribution in [0.2, 0.25) is 0 Å². The monoisotopic (exact) mass is 937 g/mol. The van der Waals surface area contributed by atoms with E-state index in [1.54, 1.807) is 71.9 Å². The molecule has 67 heavy (non-hydrogen) atoms. The fourth-order valence-corrected chi connectivity index (χ4v) is 11.8. The molecule has 4 heterocycles. The van der Waals surface area contributed by atoms with E-state index in [9.17, 15) is 34.5 Å². The Bertz CT molecular complexity index is 2280. The van der Waals surface area contributed by atoms with Crippen molar-refractivity contribution in [3.05, 3.63) is 76.9 Å². The number of nitrogens with one attached hydrogen (secondary N) is 1. The standard InChI is InChI=1S/C49H64FN3O14/c1-10-47(59)23-53(24-47)22-32-63-37-33-26(2)30(62-42(57)36(55)35(34-29(50)17-14-20-51-34)52-43(58)67-44(4,5)6)21-49(60,45(33,7)8)40(65-41(56)28-15-12-11-13-16-28)38-46(9,39(37)64-32)19-18-31-48(38,25-61-31)66-27(3)54/h11-17,20,30-32,35-40,55,59-60H,10,18-19,21-25H2,1-9H3,(H,52,58)/t30-,31+,32+,35-,36+,37+,38-,39+,40-,46+,48-,49+/m0/s1. The number of pyridine rings is 1. The van der Waals surface area contributed by atoms with Gasteiger partial charge in [0.15, 0.2) is 18.0 Å². The Kier molecular flexibility index (Phi) is 12.7. The van der Waals surface area contributed by atoms with Gasteiger partial charge >= 0.3 is 24.0 Å². The number of nitrogens with zero attached hydrogens (tertiary/aromatic N) is 2. The summed E-state index contributed by atoms with van der Waals surface area (Å²) in [5.74, 6) is -4.65. The highest BCUT2D eigenvalue weighted by atomic mass is 19.1. The fourth-order valence-electron chi connectivity index (χ4n) is 11.8. The Morgan fingerprint density at radius 3 is 2.34 bits per heavy atom. The minimum absolute atomic E-state index is 0.0824. The smallest absolute Gasteiger partial charge is 0.408 e. The highest BCUT2D eigenvalue weighted by molar-refractivity contribution is 5.89. The minimum Gasteiger partial charge on any atom is -0.456 e. The van der Waals surface area contributed by atoms with Crippen molar-refractivity contribution in [3.8, 4) is 0 Å². The number of rotatable bonds is 11. The van der Waals surface area contributed by atoms with E-state index in [4.69, 9.17) is 33.2 Å². The fraction of sp³-hybridized carbons (Fsp3) is 0.653. The highest BCUT2D eigenvalue weighted by Gasteiger charge is 2.77. The van der Waals surface area contributed by atoms with E-state index in [0.29, 0.717) is 43.5 Å². The summed E-state index contributed by atoms with van der Waals surface area (Å²) < 4.78 is 60.1. The summed E-state index contributed by atoms with van der Waals surface area (Å²) in [5.41, 5.74) is -7.23. The van der Waals surface area contributed by atoms with Gasteiger partial charge in [-0.05, 0) is 82.4 Å². The van der Waals surface area contributed by atoms with E-state index in [1.807, 2.05) is 18.7 Å². The number of amides is 1. The lowest BCUT2D eigenvalue weighted by atomic mass is 9.45. The molecule has 17 nitrogen and oxygen atoms in total. The number of likely N-dealkylation sites (tertiary alicyclic amines) is 1. The van der Waals surface area contributed by atoms with Crippen LogP contribution in [0.3, 0.4) is 0 Å². The largest absolute Gasteiger partial charge is 0.456 e. The molecule has 2 bridgehead atoms. The first-order valence-electron chi connectivity index (χ1n) is 23.1. The summed E-state index contributed by atoms with van der Waals surface area (Å²) in [6.07, 6.45) is -7.28. The minimum atomic E-state index is -2.26. The lowest BCUT2D eigenvalue weighted by Crippen LogP contribution is -2.79. The van der Waals surface area contributed by atoms with E-state index < -0.39 is 130 Å². The molecule has 6 aliphatic rings. The van der Waals surface area contributed by atoms with Gasteiger partial charge < -0.3 is 53.8 Å². The van der Waals surface area contributed by atoms with Gasteiger partial charge in [-0.25, -0.2) is 18.8 Å². The predicted octanol–water partition coefficient (Wildman–Crippen LogP) is 4.46. The van der Waals surface area contributed by atoms with Gasteiger partial charge in [-0.15, -0.1) is 0 Å². The molecule has 1 aromatic carbocycles. The Balaban J connectivity index is 1.26. The number of β-amino-alcohol motifs (C(OH)–C–C–N with tert-alkyl or cyclic N) is 1. The van der Waals surface area contributed by atoms with E-state index >= 15 is 4.39 Å². The first kappa shape index (κ1) is 48.9. The van der Waals surface area contributed by atoms with Gasteiger partial charge in [0.05, 0.1) is 29.8 Å². The Morgan fingerprint density at radius 1 is 1.03 bits per heavy atom. The normalized spacial score (nSPS) is 34.8. The summed E-state index contributed by atoms with van der Waals surface area (Å²) in [6.45, 7) is 16.3. The summed E-state index contributed by atoms with van der Waals surface area (Å²) in [6, 6.07) is 8.82. The molecule has 12 atom stereocenters. The van der Waals surface area contributed by atoms with E-state index in [-0.39, 0.29) is 18.7 Å². The Morgan fingerprint density at radius 2 is 1.73 bits per heavy atom. The molecule has 3 aliphatic heterocycles. The van der Waals surface area contributed by atoms with Crippen LogP contribution in [0.25, 0.3) is 0 Å². The SMILES string of the molecule is CCC1(O)CN(C[C@@H]2O[C@@H]3C4=C(C)[C@@H](OC(=O)[C@H](O)[C@@H](NC(=O)OC(C)(C)C)c5ncccc5F)C[C@@](O)([C@@H](OC(=O)c5ccccc5)[C@H]5[C@@](C)(CC[C@H]6OC[C@]65OC(C)=O)[C@@H]3O2)C4(C)C)C1. The molecule has 0 unspecified atom stereocenters. The number of hydrogen-bond acceptors (Lipinski definition) is 16. The molecule has 4 N–H and O–H groups in total. The highest BCUT2D eigenvalue weighted by Crippen LogP contribution is 2.67. The van der Waals surface area contributed by atoms with Gasteiger partial charge in [-0.1, -0.05) is 45.9 Å². The van der Waals surface area contributed by atoms with E-state index in [0.717, 1.165) is 6.07 Å². The molecule has 366 valence electrons. The quantitative estimate of drug-likeness (QED) is 0.139. The van der Waals surface area contributed by atoms with Crippen molar-refractivity contribution in [1.29, 1.82) is 0 Å². The van der Waals surface area contributed by atoms with Crippen LogP contribution in [-0.4, -0.2) is 141 Å². The average molecular weight is 938 g/mol. The van der Waals surface area contributed by atoms with Crippen LogP contribution >= 0.6 is 0 Å². The summed E-state index contributed by atoms with van der Waals surface area (Å²) >= 11 is 0. The summed E-state index contributed by atoms with van der Waals surface area (Å²) in [5, 5.41) is 39.0. The first-order chi connectivity index (χ1) is 31.4. The maximum Gasteiger partial charge on any atom is 0.408 e. The van der Waals surface area contributed by atoms with Crippen molar-refractivity contribution >= 4 is 24.0 Å². The second-order valence-corrected chi connectivity index (χ2v) is 21.1. The molecule has 5 fully saturated rings. The number of fused-ring (bicyclic) bond motifs is 8. The Hall–Kier alpha value is -4.56. The number of carbonyl (C=O) groups is 4. The maximum atomic E-state index is 15.4. The van der Waals surface area contributed by atoms with Crippen LogP contribution in [0.1, 0.15) is 110 Å². The number of halogens is 1. The summed E-state index contributed by atoms with van der Waals surface area (Å²) in [4.78, 5) is 61.4. The van der Waals surface area contributed by atoms with Crippen LogP contribution in [-0.2, 0) is 42.7 Å². The molecule has 2 aromatic rings. The van der Waals surface area contributed by atoms with Crippen LogP contribution in [0.15, 0.2) is 59.8 Å². The number of benzene rings is 1. The molecule has 3 saturated heterocycles. The molecule has 0 spiro atoms. The zero-order chi connectivity index (χ0) is 48.6.